The van der Waals surface area contributed by atoms with Gasteiger partial charge < -0.3 is 5.11 Å². The van der Waals surface area contributed by atoms with Crippen LogP contribution in [0.25, 0.3) is 0 Å². The lowest BCUT2D eigenvalue weighted by atomic mass is 10.3. The van der Waals surface area contributed by atoms with E-state index in [0.29, 0.717) is 0 Å². The predicted octanol–water partition coefficient (Wildman–Crippen LogP) is 0.115. The molecule has 0 saturated heterocycles. The molecule has 0 aromatic carbocycles. The molecule has 0 radical (unpaired) electrons. The molecule has 15 heavy (non-hydrogen) atoms. The molecule has 6 nitrogen and oxygen atoms in total. The van der Waals surface area contributed by atoms with Crippen molar-refractivity contribution >= 4 is 5.97 Å². The number of carboxylic acids is 1. The molecule has 0 saturated carbocycles. The Hall–Kier alpha value is -1.74. The van der Waals surface area contributed by atoms with Crippen LogP contribution in [0.15, 0.2) is 0 Å². The summed E-state index contributed by atoms with van der Waals surface area (Å²) < 4.78 is 49.3. The fourth-order valence-corrected chi connectivity index (χ4v) is 0.776. The lowest BCUT2D eigenvalue weighted by Crippen LogP contribution is -2.29. The maximum absolute atomic E-state index is 12.7. The summed E-state index contributed by atoms with van der Waals surface area (Å²) >= 11 is 0. The molecule has 1 aromatic heterocycles. The van der Waals surface area contributed by atoms with E-state index in [4.69, 9.17) is 5.11 Å². The first kappa shape index (κ1) is 11.3. The first-order chi connectivity index (χ1) is 6.85. The van der Waals surface area contributed by atoms with Gasteiger partial charge in [-0.25, -0.2) is 13.5 Å². The standard InChI is InChI=1S/C5H4F4N4O2/c6-3(7)5(8,9)4-10-11-12-13(4)1-2(14)15/h3H,1H2,(H,14,15). The highest BCUT2D eigenvalue weighted by molar-refractivity contribution is 5.66. The zero-order chi connectivity index (χ0) is 11.6. The van der Waals surface area contributed by atoms with Crippen LogP contribution >= 0.6 is 0 Å². The summed E-state index contributed by atoms with van der Waals surface area (Å²) in [6.45, 7) is -1.01. The SMILES string of the molecule is O=C(O)Cn1nnnc1C(F)(F)C(F)F. The van der Waals surface area contributed by atoms with Crippen molar-refractivity contribution in [1.29, 1.82) is 0 Å². The van der Waals surface area contributed by atoms with Crippen LogP contribution in [0.4, 0.5) is 17.6 Å². The second-order valence-corrected chi connectivity index (χ2v) is 2.48. The van der Waals surface area contributed by atoms with Gasteiger partial charge in [0.05, 0.1) is 0 Å². The van der Waals surface area contributed by atoms with E-state index in [1.807, 2.05) is 0 Å². The summed E-state index contributed by atoms with van der Waals surface area (Å²) in [5.41, 5.74) is 0. The number of hydrogen-bond donors (Lipinski definition) is 1. The van der Waals surface area contributed by atoms with E-state index in [0.717, 1.165) is 0 Å². The van der Waals surface area contributed by atoms with Crippen LogP contribution in [0.5, 0.6) is 0 Å². The smallest absolute Gasteiger partial charge is 0.367 e. The molecule has 1 rings (SSSR count). The van der Waals surface area contributed by atoms with E-state index in [1.165, 1.54) is 0 Å². The number of rotatable bonds is 4. The number of carboxylic acid groups (broad SMARTS) is 1. The summed E-state index contributed by atoms with van der Waals surface area (Å²) in [4.78, 5) is 10.2. The van der Waals surface area contributed by atoms with Gasteiger partial charge in [-0.05, 0) is 10.4 Å². The summed E-state index contributed by atoms with van der Waals surface area (Å²) in [5, 5.41) is 16.5. The third kappa shape index (κ3) is 2.19. The van der Waals surface area contributed by atoms with Crippen LogP contribution < -0.4 is 0 Å². The van der Waals surface area contributed by atoms with Gasteiger partial charge in [0.25, 0.3) is 0 Å². The van der Waals surface area contributed by atoms with Gasteiger partial charge in [0.15, 0.2) is 0 Å². The van der Waals surface area contributed by atoms with Gasteiger partial charge in [0, 0.05) is 0 Å². The molecular formula is C5H4F4N4O2. The Kier molecular flexibility index (Phi) is 2.86. The van der Waals surface area contributed by atoms with Crippen LogP contribution in [-0.2, 0) is 17.3 Å². The summed E-state index contributed by atoms with van der Waals surface area (Å²) in [5.74, 6) is -7.56. The van der Waals surface area contributed by atoms with Crippen molar-refractivity contribution < 1.29 is 27.5 Å². The average Bonchev–Trinajstić information content (AvgIpc) is 2.51. The first-order valence-electron chi connectivity index (χ1n) is 3.50. The average molecular weight is 228 g/mol. The molecule has 1 heterocycles. The van der Waals surface area contributed by atoms with E-state index >= 15 is 0 Å². The van der Waals surface area contributed by atoms with Crippen LogP contribution in [0.2, 0.25) is 0 Å². The summed E-state index contributed by atoms with van der Waals surface area (Å²) in [6.07, 6.45) is -4.00. The molecule has 0 amide bonds. The highest BCUT2D eigenvalue weighted by Crippen LogP contribution is 2.32. The molecule has 0 aliphatic rings. The largest absolute Gasteiger partial charge is 0.480 e. The van der Waals surface area contributed by atoms with Crippen molar-refractivity contribution in [3.8, 4) is 0 Å². The van der Waals surface area contributed by atoms with E-state index in [2.05, 4.69) is 15.5 Å². The lowest BCUT2D eigenvalue weighted by molar-refractivity contribution is -0.146. The quantitative estimate of drug-likeness (QED) is 0.740. The minimum atomic E-state index is -4.57. The number of alkyl halides is 4. The van der Waals surface area contributed by atoms with Gasteiger partial charge in [-0.3, -0.25) is 4.79 Å². The van der Waals surface area contributed by atoms with Crippen molar-refractivity contribution in [2.75, 3.05) is 0 Å². The summed E-state index contributed by atoms with van der Waals surface area (Å²) in [7, 11) is 0. The van der Waals surface area contributed by atoms with Crippen LogP contribution in [0, 0.1) is 0 Å². The highest BCUT2D eigenvalue weighted by atomic mass is 19.3. The minimum absolute atomic E-state index is 0.106. The fourth-order valence-electron chi connectivity index (χ4n) is 0.776. The van der Waals surface area contributed by atoms with E-state index in [-0.39, 0.29) is 4.68 Å². The second kappa shape index (κ2) is 3.79. The zero-order valence-electron chi connectivity index (χ0n) is 6.94. The maximum atomic E-state index is 12.7. The zero-order valence-corrected chi connectivity index (χ0v) is 6.94. The molecule has 0 atom stereocenters. The third-order valence-corrected chi connectivity index (χ3v) is 1.39. The summed E-state index contributed by atoms with van der Waals surface area (Å²) in [6, 6.07) is 0. The van der Waals surface area contributed by atoms with E-state index < -0.39 is 30.7 Å². The van der Waals surface area contributed by atoms with Gasteiger partial charge in [0.2, 0.25) is 5.82 Å². The van der Waals surface area contributed by atoms with E-state index in [9.17, 15) is 22.4 Å². The minimum Gasteiger partial charge on any atom is -0.480 e. The van der Waals surface area contributed by atoms with Crippen molar-refractivity contribution in [2.45, 2.75) is 18.9 Å². The molecule has 0 aliphatic carbocycles. The molecular weight excluding hydrogens is 224 g/mol. The van der Waals surface area contributed by atoms with Gasteiger partial charge in [-0.15, -0.1) is 5.10 Å². The third-order valence-electron chi connectivity index (χ3n) is 1.39. The number of hydrogen-bond acceptors (Lipinski definition) is 4. The molecule has 0 unspecified atom stereocenters. The molecule has 1 aromatic rings. The van der Waals surface area contributed by atoms with Crippen LogP contribution in [0.3, 0.4) is 0 Å². The molecule has 0 fully saturated rings. The molecule has 1 N–H and O–H groups in total. The normalized spacial score (nSPS) is 12.1. The Morgan fingerprint density at radius 1 is 1.53 bits per heavy atom. The van der Waals surface area contributed by atoms with Crippen molar-refractivity contribution in [2.24, 2.45) is 0 Å². The van der Waals surface area contributed by atoms with Crippen molar-refractivity contribution in [3.63, 3.8) is 0 Å². The Labute approximate surface area is 79.5 Å². The molecule has 10 heteroatoms. The molecule has 84 valence electrons. The fraction of sp³-hybridized carbons (Fsp3) is 0.600. The Balaban J connectivity index is 3.04. The second-order valence-electron chi connectivity index (χ2n) is 2.48. The number of aliphatic carboxylic acids is 1. The topological polar surface area (TPSA) is 80.9 Å². The van der Waals surface area contributed by atoms with Crippen LogP contribution in [0.1, 0.15) is 5.82 Å². The molecule has 0 bridgehead atoms. The Morgan fingerprint density at radius 2 is 2.13 bits per heavy atom. The number of nitrogens with zero attached hydrogens (tertiary/aromatic N) is 4. The first-order valence-corrected chi connectivity index (χ1v) is 3.50. The van der Waals surface area contributed by atoms with Gasteiger partial charge >= 0.3 is 18.3 Å². The Bertz CT molecular complexity index is 366. The van der Waals surface area contributed by atoms with Gasteiger partial charge in [0.1, 0.15) is 6.54 Å². The van der Waals surface area contributed by atoms with Gasteiger partial charge in [-0.1, -0.05) is 0 Å². The van der Waals surface area contributed by atoms with Crippen molar-refractivity contribution in [3.05, 3.63) is 5.82 Å². The lowest BCUT2D eigenvalue weighted by Gasteiger charge is -2.13. The number of carbonyl (C=O) groups is 1. The predicted molar refractivity (Wildman–Crippen MR) is 35.4 cm³/mol. The molecule has 0 spiro atoms. The number of aromatic nitrogens is 4. The Morgan fingerprint density at radius 3 is 2.60 bits per heavy atom. The highest BCUT2D eigenvalue weighted by Gasteiger charge is 2.48. The van der Waals surface area contributed by atoms with Crippen LogP contribution in [-0.4, -0.2) is 37.7 Å². The monoisotopic (exact) mass is 228 g/mol. The maximum Gasteiger partial charge on any atom is 0.367 e. The van der Waals surface area contributed by atoms with Gasteiger partial charge in [-0.2, -0.15) is 8.78 Å². The van der Waals surface area contributed by atoms with Crippen molar-refractivity contribution in [1.82, 2.24) is 20.2 Å². The molecule has 0 aliphatic heterocycles. The number of tetrazole rings is 1. The van der Waals surface area contributed by atoms with E-state index in [1.54, 1.807) is 0 Å². The number of halogens is 4.